The Hall–Kier alpha value is -3.82. The summed E-state index contributed by atoms with van der Waals surface area (Å²) in [4.78, 5) is 38.4. The molecule has 1 aromatic carbocycles. The van der Waals surface area contributed by atoms with Crippen molar-refractivity contribution < 1.29 is 14.3 Å². The number of nitrogens with one attached hydrogen (secondary N) is 1. The number of carbonyl (C=O) groups excluding carboxylic acids is 2. The van der Waals surface area contributed by atoms with Crippen molar-refractivity contribution in [1.82, 2.24) is 4.57 Å². The first-order chi connectivity index (χ1) is 15.7. The topological polar surface area (TPSA) is 104 Å². The van der Waals surface area contributed by atoms with Crippen molar-refractivity contribution in [2.75, 3.05) is 23.9 Å². The van der Waals surface area contributed by atoms with Gasteiger partial charge in [0, 0.05) is 37.1 Å². The highest BCUT2D eigenvalue weighted by molar-refractivity contribution is 7.07. The Morgan fingerprint density at radius 1 is 1.33 bits per heavy atom. The Morgan fingerprint density at radius 3 is 2.67 bits per heavy atom. The molecule has 8 nitrogen and oxygen atoms in total. The molecule has 0 unspecified atom stereocenters. The highest BCUT2D eigenvalue weighted by Crippen LogP contribution is 2.19. The molecule has 2 rings (SSSR count). The number of nitrogens with zero attached hydrogens (tertiary/aromatic N) is 3. The molecule has 0 spiro atoms. The van der Waals surface area contributed by atoms with Gasteiger partial charge < -0.3 is 15.0 Å². The van der Waals surface area contributed by atoms with Crippen LogP contribution in [0.3, 0.4) is 0 Å². The lowest BCUT2D eigenvalue weighted by atomic mass is 10.1. The number of ether oxygens (including phenoxy) is 1. The minimum Gasteiger partial charge on any atom is -0.461 e. The quantitative estimate of drug-likeness (QED) is 0.380. The molecule has 2 aromatic rings. The van der Waals surface area contributed by atoms with Crippen LogP contribution in [0.2, 0.25) is 0 Å². The van der Waals surface area contributed by atoms with Gasteiger partial charge in [-0.1, -0.05) is 42.7 Å². The van der Waals surface area contributed by atoms with Crippen molar-refractivity contribution in [1.29, 1.82) is 5.26 Å². The van der Waals surface area contributed by atoms with Gasteiger partial charge in [-0.3, -0.25) is 14.2 Å². The fourth-order valence-electron chi connectivity index (χ4n) is 2.82. The number of aromatic nitrogens is 1. The zero-order valence-electron chi connectivity index (χ0n) is 19.3. The summed E-state index contributed by atoms with van der Waals surface area (Å²) >= 11 is 1.06. The summed E-state index contributed by atoms with van der Waals surface area (Å²) in [6, 6.07) is 9.06. The van der Waals surface area contributed by atoms with Crippen LogP contribution in [0.1, 0.15) is 27.7 Å². The molecule has 1 amide bonds. The van der Waals surface area contributed by atoms with Gasteiger partial charge in [0.05, 0.1) is 6.61 Å². The van der Waals surface area contributed by atoms with Crippen LogP contribution in [0.25, 0.3) is 11.5 Å². The van der Waals surface area contributed by atoms with Gasteiger partial charge in [-0.25, -0.2) is 4.79 Å². The van der Waals surface area contributed by atoms with Crippen LogP contribution in [0.4, 0.5) is 11.4 Å². The maximum absolute atomic E-state index is 12.7. The number of hydrogen-bond acceptors (Lipinski definition) is 7. The van der Waals surface area contributed by atoms with Gasteiger partial charge >= 0.3 is 5.97 Å². The van der Waals surface area contributed by atoms with Crippen LogP contribution < -0.4 is 25.0 Å². The maximum Gasteiger partial charge on any atom is 0.357 e. The van der Waals surface area contributed by atoms with Crippen molar-refractivity contribution in [2.24, 2.45) is 5.92 Å². The van der Waals surface area contributed by atoms with Gasteiger partial charge in [0.15, 0.2) is 5.57 Å². The number of esters is 1. The van der Waals surface area contributed by atoms with Gasteiger partial charge in [0.2, 0.25) is 5.91 Å². The lowest BCUT2D eigenvalue weighted by Gasteiger charge is -2.20. The molecule has 1 N–H and O–H groups in total. The predicted molar refractivity (Wildman–Crippen MR) is 129 cm³/mol. The lowest BCUT2D eigenvalue weighted by Crippen LogP contribution is -2.30. The smallest absolute Gasteiger partial charge is 0.357 e. The number of rotatable bonds is 7. The third kappa shape index (κ3) is 6.34. The number of anilines is 2. The summed E-state index contributed by atoms with van der Waals surface area (Å²) in [6.07, 6.45) is 1.50. The minimum atomic E-state index is -0.785. The molecule has 0 bridgehead atoms. The molecule has 0 radical (unpaired) electrons. The van der Waals surface area contributed by atoms with E-state index in [1.165, 1.54) is 10.8 Å². The number of benzene rings is 1. The number of carbonyl (C=O) groups is 2. The molecular formula is C24H26N4O4S. The summed E-state index contributed by atoms with van der Waals surface area (Å²) in [5, 5.41) is 12.3. The normalized spacial score (nSPS) is 9.97. The Kier molecular flexibility index (Phi) is 9.02. The summed E-state index contributed by atoms with van der Waals surface area (Å²) in [5.41, 5.74) is 6.46. The van der Waals surface area contributed by atoms with Crippen molar-refractivity contribution in [2.45, 2.75) is 34.2 Å². The summed E-state index contributed by atoms with van der Waals surface area (Å²) in [5.74, 6) is -0.902. The fourth-order valence-corrected chi connectivity index (χ4v) is 3.80. The first-order valence-corrected chi connectivity index (χ1v) is 11.2. The molecule has 33 heavy (non-hydrogen) atoms. The van der Waals surface area contributed by atoms with E-state index in [0.717, 1.165) is 22.7 Å². The zero-order valence-corrected chi connectivity index (χ0v) is 20.1. The molecule has 1 aromatic heterocycles. The van der Waals surface area contributed by atoms with Crippen molar-refractivity contribution in [3.63, 3.8) is 0 Å². The monoisotopic (exact) mass is 466 g/mol. The number of nitriles is 1. The van der Waals surface area contributed by atoms with E-state index in [0.29, 0.717) is 11.2 Å². The summed E-state index contributed by atoms with van der Waals surface area (Å²) in [6.45, 7) is 7.58. The van der Waals surface area contributed by atoms with E-state index in [-0.39, 0.29) is 34.1 Å². The van der Waals surface area contributed by atoms with Crippen LogP contribution in [0, 0.1) is 17.2 Å². The second-order valence-corrected chi connectivity index (χ2v) is 8.15. The van der Waals surface area contributed by atoms with E-state index in [9.17, 15) is 19.6 Å². The molecule has 0 fully saturated rings. The average molecular weight is 467 g/mol. The molecule has 0 aliphatic heterocycles. The highest BCUT2D eigenvalue weighted by Gasteiger charge is 2.14. The van der Waals surface area contributed by atoms with E-state index < -0.39 is 5.97 Å². The van der Waals surface area contributed by atoms with Gasteiger partial charge in [-0.05, 0) is 32.0 Å². The molecule has 1 heterocycles. The number of thiazole rings is 1. The highest BCUT2D eigenvalue weighted by atomic mass is 32.1. The van der Waals surface area contributed by atoms with Crippen LogP contribution in [0.5, 0.6) is 0 Å². The Bertz CT molecular complexity index is 1330. The lowest BCUT2D eigenvalue weighted by molar-refractivity contribution is -0.137. The second-order valence-electron chi connectivity index (χ2n) is 7.15. The fraction of sp³-hybridized carbons (Fsp3) is 0.333. The third-order valence-electron chi connectivity index (χ3n) is 4.52. The summed E-state index contributed by atoms with van der Waals surface area (Å²) in [7, 11) is 1.72. The average Bonchev–Trinajstić information content (AvgIpc) is 3.10. The van der Waals surface area contributed by atoms with E-state index in [1.54, 1.807) is 31.9 Å². The van der Waals surface area contributed by atoms with E-state index in [2.05, 4.69) is 16.8 Å². The van der Waals surface area contributed by atoms with E-state index in [1.807, 2.05) is 38.1 Å². The molecule has 172 valence electrons. The van der Waals surface area contributed by atoms with E-state index in [4.69, 9.17) is 4.74 Å². The van der Waals surface area contributed by atoms with Crippen LogP contribution in [0.15, 0.2) is 40.8 Å². The minimum absolute atomic E-state index is 0.00403. The van der Waals surface area contributed by atoms with E-state index >= 15 is 0 Å². The van der Waals surface area contributed by atoms with Crippen molar-refractivity contribution in [3.8, 4) is 6.07 Å². The number of amides is 1. The zero-order chi connectivity index (χ0) is 24.5. The molecule has 0 saturated heterocycles. The van der Waals surface area contributed by atoms with Crippen molar-refractivity contribution in [3.05, 3.63) is 55.6 Å². The van der Waals surface area contributed by atoms with Crippen molar-refractivity contribution >= 4 is 46.1 Å². The molecule has 9 heteroatoms. The first kappa shape index (κ1) is 25.4. The van der Waals surface area contributed by atoms with Gasteiger partial charge in [0.25, 0.3) is 5.56 Å². The van der Waals surface area contributed by atoms with Crippen LogP contribution >= 0.6 is 11.3 Å². The largest absolute Gasteiger partial charge is 0.461 e. The molecule has 0 aliphatic carbocycles. The predicted octanol–water partition coefficient (Wildman–Crippen LogP) is 1.95. The second kappa shape index (κ2) is 11.7. The Balaban J connectivity index is 2.47. The maximum atomic E-state index is 12.7. The Morgan fingerprint density at radius 2 is 2.06 bits per heavy atom. The van der Waals surface area contributed by atoms with Gasteiger partial charge in [-0.2, -0.15) is 5.26 Å². The number of hydrogen-bond donors (Lipinski definition) is 1. The first-order valence-electron chi connectivity index (χ1n) is 10.4. The van der Waals surface area contributed by atoms with Crippen LogP contribution in [-0.4, -0.2) is 30.1 Å². The van der Waals surface area contributed by atoms with Crippen LogP contribution in [-0.2, 0) is 20.9 Å². The Labute approximate surface area is 196 Å². The molecule has 0 atom stereocenters. The molecule has 0 saturated carbocycles. The summed E-state index contributed by atoms with van der Waals surface area (Å²) < 4.78 is 6.87. The standard InChI is InChI=1S/C24H26N4O4S/c1-6-28-21(13-17(15-25)24(31)32-7-2)33-20(23(28)30)11-12-26-18-9-8-10-19(14-18)27(5)22(29)16(3)4/h8-10,12,14,16,26H,6-7H2,1-5H3. The van der Waals surface area contributed by atoms with Gasteiger partial charge in [-0.15, -0.1) is 0 Å². The molecule has 0 aliphatic rings. The molecular weight excluding hydrogens is 440 g/mol. The SMILES string of the molecule is CCOC(=O)C(=C=c1sc(=C=CNc2cccc(N(C)C(=O)C(C)C)c2)c(=O)n1CC)C#N. The third-order valence-corrected chi connectivity index (χ3v) is 5.54. The van der Waals surface area contributed by atoms with Gasteiger partial charge in [0.1, 0.15) is 15.3 Å².